The zero-order valence-electron chi connectivity index (χ0n) is 17.6. The first-order valence-corrected chi connectivity index (χ1v) is 10.2. The number of aromatic amines is 1. The number of rotatable bonds is 5. The van der Waals surface area contributed by atoms with Crippen LogP contribution in [0.2, 0.25) is 0 Å². The van der Waals surface area contributed by atoms with E-state index in [0.717, 1.165) is 59.9 Å². The van der Waals surface area contributed by atoms with Gasteiger partial charge in [0.05, 0.1) is 6.54 Å². The third kappa shape index (κ3) is 4.93. The van der Waals surface area contributed by atoms with Crippen molar-refractivity contribution in [2.75, 3.05) is 13.6 Å². The average molecular weight is 525 g/mol. The number of hydrogen-bond donors (Lipinski definition) is 3. The lowest BCUT2D eigenvalue weighted by molar-refractivity contribution is 0.391. The number of guanidine groups is 1. The Bertz CT molecular complexity index is 1020. The highest BCUT2D eigenvalue weighted by Crippen LogP contribution is 2.20. The molecule has 3 N–H and O–H groups in total. The largest absolute Gasteiger partial charge is 0.361 e. The van der Waals surface area contributed by atoms with Crippen molar-refractivity contribution in [2.45, 2.75) is 51.6 Å². The average Bonchev–Trinajstić information content (AvgIpc) is 3.31. The van der Waals surface area contributed by atoms with E-state index in [1.54, 1.807) is 19.2 Å². The van der Waals surface area contributed by atoms with Crippen LogP contribution in [0.1, 0.15) is 43.4 Å². The van der Waals surface area contributed by atoms with E-state index >= 15 is 0 Å². The number of aromatic nitrogens is 4. The quantitative estimate of drug-likeness (QED) is 0.271. The van der Waals surface area contributed by atoms with E-state index in [4.69, 9.17) is 0 Å². The zero-order valence-corrected chi connectivity index (χ0v) is 19.9. The van der Waals surface area contributed by atoms with Crippen molar-refractivity contribution in [1.82, 2.24) is 30.4 Å². The van der Waals surface area contributed by atoms with Gasteiger partial charge in [-0.25, -0.2) is 14.1 Å². The first kappa shape index (κ1) is 22.5. The summed E-state index contributed by atoms with van der Waals surface area (Å²) in [6, 6.07) is 5.09. The zero-order chi connectivity index (χ0) is 20.4. The normalized spacial score (nSPS) is 16.4. The second-order valence-electron chi connectivity index (χ2n) is 7.86. The minimum Gasteiger partial charge on any atom is -0.361 e. The summed E-state index contributed by atoms with van der Waals surface area (Å²) in [7, 11) is 1.77. The summed E-state index contributed by atoms with van der Waals surface area (Å²) >= 11 is 0. The van der Waals surface area contributed by atoms with Gasteiger partial charge in [-0.1, -0.05) is 13.8 Å². The molecule has 0 bridgehead atoms. The molecule has 1 aliphatic heterocycles. The molecule has 3 aromatic rings. The number of aliphatic imine (C=N–C) groups is 1. The summed E-state index contributed by atoms with van der Waals surface area (Å²) in [6.45, 7) is 5.73. The predicted molar refractivity (Wildman–Crippen MR) is 128 cm³/mol. The van der Waals surface area contributed by atoms with Gasteiger partial charge in [-0.15, -0.1) is 24.0 Å². The first-order chi connectivity index (χ1) is 14.0. The van der Waals surface area contributed by atoms with Gasteiger partial charge in [0, 0.05) is 49.1 Å². The van der Waals surface area contributed by atoms with Crippen molar-refractivity contribution >= 4 is 40.8 Å². The topological polar surface area (TPSA) is 82.9 Å². The number of nitrogens with zero attached hydrogens (tertiary/aromatic N) is 4. The van der Waals surface area contributed by atoms with E-state index in [1.165, 1.54) is 6.07 Å². The van der Waals surface area contributed by atoms with E-state index in [9.17, 15) is 4.39 Å². The lowest BCUT2D eigenvalue weighted by Crippen LogP contribution is -2.47. The van der Waals surface area contributed by atoms with Crippen LogP contribution in [-0.2, 0) is 19.4 Å². The number of nitrogens with one attached hydrogen (secondary N) is 3. The van der Waals surface area contributed by atoms with E-state index in [0.29, 0.717) is 12.5 Å². The first-order valence-electron chi connectivity index (χ1n) is 10.2. The Balaban J connectivity index is 0.00000256. The van der Waals surface area contributed by atoms with Gasteiger partial charge in [0.25, 0.3) is 0 Å². The van der Waals surface area contributed by atoms with Gasteiger partial charge in [-0.2, -0.15) is 5.10 Å². The van der Waals surface area contributed by atoms with Crippen LogP contribution in [0.15, 0.2) is 29.4 Å². The van der Waals surface area contributed by atoms with Gasteiger partial charge in [-0.05, 0) is 36.6 Å². The molecule has 1 aromatic carbocycles. The van der Waals surface area contributed by atoms with Gasteiger partial charge >= 0.3 is 0 Å². The van der Waals surface area contributed by atoms with Crippen LogP contribution in [0.5, 0.6) is 0 Å². The van der Waals surface area contributed by atoms with Crippen molar-refractivity contribution in [3.8, 4) is 0 Å². The van der Waals surface area contributed by atoms with Crippen molar-refractivity contribution in [2.24, 2.45) is 4.99 Å². The molecule has 3 heterocycles. The van der Waals surface area contributed by atoms with Crippen LogP contribution in [0.4, 0.5) is 4.39 Å². The molecule has 0 fully saturated rings. The number of benzene rings is 1. The minimum atomic E-state index is -0.214. The standard InChI is InChI=1S/C21H28FN7.HI/c1-13(2)20-27-19-7-5-16(12-29(19)28-20)26-21(23-3)24-9-8-14-11-25-18-6-4-15(22)10-17(14)18;/h4,6,10-11,13,16,25H,5,7-9,12H2,1-3H3,(H2,23,24,26);1H. The van der Waals surface area contributed by atoms with Crippen molar-refractivity contribution < 1.29 is 4.39 Å². The molecular weight excluding hydrogens is 496 g/mol. The summed E-state index contributed by atoms with van der Waals surface area (Å²) < 4.78 is 15.6. The number of aryl methyl sites for hydroxylation is 1. The molecule has 0 saturated heterocycles. The van der Waals surface area contributed by atoms with Crippen molar-refractivity contribution in [3.05, 3.63) is 47.4 Å². The van der Waals surface area contributed by atoms with Crippen LogP contribution in [-0.4, -0.2) is 45.3 Å². The van der Waals surface area contributed by atoms with Crippen LogP contribution >= 0.6 is 24.0 Å². The Hall–Kier alpha value is -2.17. The lowest BCUT2D eigenvalue weighted by Gasteiger charge is -2.25. The minimum absolute atomic E-state index is 0. The highest BCUT2D eigenvalue weighted by Gasteiger charge is 2.23. The summed E-state index contributed by atoms with van der Waals surface area (Å²) in [5.41, 5.74) is 2.05. The summed E-state index contributed by atoms with van der Waals surface area (Å²) in [4.78, 5) is 12.2. The fourth-order valence-corrected chi connectivity index (χ4v) is 3.75. The molecule has 0 saturated carbocycles. The molecule has 0 spiro atoms. The summed E-state index contributed by atoms with van der Waals surface area (Å²) in [6.07, 6.45) is 4.63. The van der Waals surface area contributed by atoms with Gasteiger partial charge in [0.2, 0.25) is 0 Å². The monoisotopic (exact) mass is 525 g/mol. The van der Waals surface area contributed by atoms with E-state index in [1.807, 2.05) is 10.9 Å². The molecule has 9 heteroatoms. The van der Waals surface area contributed by atoms with E-state index < -0.39 is 0 Å². The van der Waals surface area contributed by atoms with Crippen LogP contribution in [0, 0.1) is 5.82 Å². The number of fused-ring (bicyclic) bond motifs is 2. The third-order valence-electron chi connectivity index (χ3n) is 5.37. The molecule has 162 valence electrons. The van der Waals surface area contributed by atoms with E-state index in [2.05, 4.69) is 44.5 Å². The Morgan fingerprint density at radius 3 is 3.00 bits per heavy atom. The number of halogens is 2. The van der Waals surface area contributed by atoms with Crippen molar-refractivity contribution in [3.63, 3.8) is 0 Å². The molecule has 1 atom stereocenters. The fraction of sp³-hybridized carbons (Fsp3) is 0.476. The van der Waals surface area contributed by atoms with Gasteiger partial charge in [0.1, 0.15) is 11.6 Å². The molecule has 1 unspecified atom stereocenters. The fourth-order valence-electron chi connectivity index (χ4n) is 3.75. The highest BCUT2D eigenvalue weighted by atomic mass is 127. The SMILES string of the molecule is CN=C(NCCc1c[nH]c2ccc(F)cc12)NC1CCc2nc(C(C)C)nn2C1.I. The maximum Gasteiger partial charge on any atom is 0.191 e. The molecule has 7 nitrogen and oxygen atoms in total. The molecule has 2 aromatic heterocycles. The number of hydrogen-bond acceptors (Lipinski definition) is 3. The Labute approximate surface area is 193 Å². The maximum absolute atomic E-state index is 13.5. The molecular formula is C21H29FIN7. The summed E-state index contributed by atoms with van der Waals surface area (Å²) in [5.74, 6) is 2.88. The van der Waals surface area contributed by atoms with E-state index in [-0.39, 0.29) is 35.8 Å². The van der Waals surface area contributed by atoms with Gasteiger partial charge < -0.3 is 15.6 Å². The second kappa shape index (κ2) is 9.76. The second-order valence-corrected chi connectivity index (χ2v) is 7.86. The smallest absolute Gasteiger partial charge is 0.191 e. The van der Waals surface area contributed by atoms with Crippen LogP contribution in [0.3, 0.4) is 0 Å². The lowest BCUT2D eigenvalue weighted by atomic mass is 10.1. The highest BCUT2D eigenvalue weighted by molar-refractivity contribution is 14.0. The molecule has 0 aliphatic carbocycles. The number of H-pyrrole nitrogens is 1. The Morgan fingerprint density at radius 2 is 2.23 bits per heavy atom. The van der Waals surface area contributed by atoms with Crippen molar-refractivity contribution in [1.29, 1.82) is 0 Å². The molecule has 30 heavy (non-hydrogen) atoms. The Kier molecular flexibility index (Phi) is 7.32. The Morgan fingerprint density at radius 1 is 1.40 bits per heavy atom. The van der Waals surface area contributed by atoms with Gasteiger partial charge in [0.15, 0.2) is 11.8 Å². The molecule has 1 aliphatic rings. The molecule has 0 radical (unpaired) electrons. The predicted octanol–water partition coefficient (Wildman–Crippen LogP) is 3.36. The summed E-state index contributed by atoms with van der Waals surface area (Å²) in [5, 5.41) is 12.4. The molecule has 0 amide bonds. The molecule has 4 rings (SSSR count). The maximum atomic E-state index is 13.5. The van der Waals surface area contributed by atoms with Crippen LogP contribution < -0.4 is 10.6 Å². The van der Waals surface area contributed by atoms with Gasteiger partial charge in [-0.3, -0.25) is 4.99 Å². The van der Waals surface area contributed by atoms with Crippen LogP contribution in [0.25, 0.3) is 10.9 Å². The third-order valence-corrected chi connectivity index (χ3v) is 5.37.